The molecule has 0 fully saturated rings. The van der Waals surface area contributed by atoms with E-state index >= 15 is 0 Å². The van der Waals surface area contributed by atoms with E-state index in [1.165, 1.54) is 7.05 Å². The summed E-state index contributed by atoms with van der Waals surface area (Å²) in [7, 11) is 1.22. The highest BCUT2D eigenvalue weighted by atomic mass is 35.5. The fraction of sp³-hybridized carbons (Fsp3) is 0.444. The molecule has 0 bridgehead atoms. The van der Waals surface area contributed by atoms with Crippen LogP contribution in [0.5, 0.6) is 0 Å². The van der Waals surface area contributed by atoms with Crippen molar-refractivity contribution in [1.29, 1.82) is 0 Å². The van der Waals surface area contributed by atoms with Crippen LogP contribution in [0.4, 0.5) is 28.9 Å². The van der Waals surface area contributed by atoms with Gasteiger partial charge < -0.3 is 4.90 Å². The van der Waals surface area contributed by atoms with Gasteiger partial charge in [0.15, 0.2) is 0 Å². The predicted molar refractivity (Wildman–Crippen MR) is 60.1 cm³/mol. The molecule has 10 heteroatoms. The van der Waals surface area contributed by atoms with Crippen molar-refractivity contribution < 1.29 is 22.5 Å². The number of anilines is 1. The number of pyridine rings is 1. The summed E-state index contributed by atoms with van der Waals surface area (Å²) in [6, 6.07) is 0.472. The Morgan fingerprint density at radius 3 is 2.53 bits per heavy atom. The zero-order valence-electron chi connectivity index (χ0n) is 9.54. The molecule has 1 heterocycles. The van der Waals surface area contributed by atoms with Crippen LogP contribution in [0.1, 0.15) is 5.69 Å². The van der Waals surface area contributed by atoms with Gasteiger partial charge in [0.05, 0.1) is 4.92 Å². The van der Waals surface area contributed by atoms with Gasteiger partial charge in [0.1, 0.15) is 18.1 Å². The topological polar surface area (TPSA) is 59.3 Å². The summed E-state index contributed by atoms with van der Waals surface area (Å²) in [6.07, 6.45) is -4.80. The maximum atomic E-state index is 12.5. The van der Waals surface area contributed by atoms with Crippen molar-refractivity contribution in [2.45, 2.75) is 6.18 Å². The van der Waals surface area contributed by atoms with Crippen molar-refractivity contribution in [2.24, 2.45) is 0 Å². The van der Waals surface area contributed by atoms with E-state index in [4.69, 9.17) is 11.6 Å². The molecular formula is C9H8ClF4N3O2. The van der Waals surface area contributed by atoms with Gasteiger partial charge in [-0.15, -0.1) is 0 Å². The van der Waals surface area contributed by atoms with Gasteiger partial charge in [-0.3, -0.25) is 10.1 Å². The lowest BCUT2D eigenvalue weighted by Gasteiger charge is -2.19. The molecule has 0 aliphatic heterocycles. The second kappa shape index (κ2) is 5.55. The van der Waals surface area contributed by atoms with Crippen molar-refractivity contribution in [3.8, 4) is 0 Å². The Kier molecular flexibility index (Phi) is 4.51. The first-order chi connectivity index (χ1) is 8.68. The number of rotatable bonds is 4. The number of aromatic nitrogens is 1. The number of hydrogen-bond acceptors (Lipinski definition) is 4. The molecule has 0 aromatic carbocycles. The van der Waals surface area contributed by atoms with Crippen LogP contribution in [-0.4, -0.2) is 30.2 Å². The van der Waals surface area contributed by atoms with Crippen LogP contribution in [0, 0.1) is 10.1 Å². The molecule has 0 atom stereocenters. The van der Waals surface area contributed by atoms with Crippen LogP contribution < -0.4 is 4.90 Å². The lowest BCUT2D eigenvalue weighted by atomic mass is 10.2. The minimum Gasteiger partial charge on any atom is -0.366 e. The molecular weight excluding hydrogens is 294 g/mol. The number of halogens is 5. The average Bonchev–Trinajstić information content (AvgIpc) is 2.26. The molecule has 0 saturated carbocycles. The number of nitrogens with zero attached hydrogens (tertiary/aromatic N) is 3. The summed E-state index contributed by atoms with van der Waals surface area (Å²) in [4.78, 5) is 13.8. The van der Waals surface area contributed by atoms with E-state index in [1.807, 2.05) is 0 Å². The molecule has 5 nitrogen and oxygen atoms in total. The third kappa shape index (κ3) is 3.43. The SMILES string of the molecule is CN(CCF)c1cc(C(F)(F)F)nc(Cl)c1[N+](=O)[O-]. The lowest BCUT2D eigenvalue weighted by Crippen LogP contribution is -2.22. The van der Waals surface area contributed by atoms with E-state index in [1.54, 1.807) is 0 Å². The third-order valence-electron chi connectivity index (χ3n) is 2.23. The maximum absolute atomic E-state index is 12.5. The molecule has 0 aliphatic rings. The van der Waals surface area contributed by atoms with E-state index in [2.05, 4.69) is 4.98 Å². The zero-order chi connectivity index (χ0) is 14.8. The molecule has 106 valence electrons. The molecule has 0 amide bonds. The highest BCUT2D eigenvalue weighted by Crippen LogP contribution is 2.38. The first-order valence-corrected chi connectivity index (χ1v) is 5.25. The zero-order valence-corrected chi connectivity index (χ0v) is 10.3. The Hall–Kier alpha value is -1.64. The van der Waals surface area contributed by atoms with Crippen molar-refractivity contribution >= 4 is 23.0 Å². The van der Waals surface area contributed by atoms with Gasteiger partial charge in [0, 0.05) is 13.6 Å². The smallest absolute Gasteiger partial charge is 0.366 e. The normalized spacial score (nSPS) is 11.5. The number of alkyl halides is 4. The molecule has 0 N–H and O–H groups in total. The van der Waals surface area contributed by atoms with Gasteiger partial charge in [-0.25, -0.2) is 9.37 Å². The molecule has 0 spiro atoms. The minimum atomic E-state index is -4.80. The average molecular weight is 302 g/mol. The second-order valence-corrected chi connectivity index (χ2v) is 3.89. The summed E-state index contributed by atoms with van der Waals surface area (Å²) in [5.41, 5.74) is -2.59. The maximum Gasteiger partial charge on any atom is 0.433 e. The monoisotopic (exact) mass is 301 g/mol. The Balaban J connectivity index is 3.46. The fourth-order valence-corrected chi connectivity index (χ4v) is 1.60. The molecule has 0 radical (unpaired) electrons. The molecule has 19 heavy (non-hydrogen) atoms. The quantitative estimate of drug-likeness (QED) is 0.371. The largest absolute Gasteiger partial charge is 0.433 e. The van der Waals surface area contributed by atoms with Crippen LogP contribution >= 0.6 is 11.6 Å². The predicted octanol–water partition coefficient (Wildman–Crippen LogP) is 3.07. The minimum absolute atomic E-state index is 0.307. The van der Waals surface area contributed by atoms with Crippen LogP contribution in [0.2, 0.25) is 5.15 Å². The standard InChI is InChI=1S/C9H8ClF4N3O2/c1-16(3-2-11)5-4-6(9(12,13)14)15-8(10)7(5)17(18)19/h4H,2-3H2,1H3. The van der Waals surface area contributed by atoms with E-state index in [-0.39, 0.29) is 6.54 Å². The van der Waals surface area contributed by atoms with Gasteiger partial charge in [-0.2, -0.15) is 13.2 Å². The van der Waals surface area contributed by atoms with Crippen LogP contribution in [0.15, 0.2) is 6.07 Å². The van der Waals surface area contributed by atoms with Crippen LogP contribution in [-0.2, 0) is 6.18 Å². The Morgan fingerprint density at radius 1 is 1.53 bits per heavy atom. The van der Waals surface area contributed by atoms with Crippen LogP contribution in [0.3, 0.4) is 0 Å². The highest BCUT2D eigenvalue weighted by molar-refractivity contribution is 6.32. The molecule has 1 rings (SSSR count). The van der Waals surface area contributed by atoms with Gasteiger partial charge in [-0.1, -0.05) is 11.6 Å². The van der Waals surface area contributed by atoms with Crippen molar-refractivity contribution in [3.63, 3.8) is 0 Å². The summed E-state index contributed by atoms with van der Waals surface area (Å²) in [5, 5.41) is 9.90. The lowest BCUT2D eigenvalue weighted by molar-refractivity contribution is -0.384. The molecule has 0 unspecified atom stereocenters. The first-order valence-electron chi connectivity index (χ1n) is 4.87. The van der Waals surface area contributed by atoms with E-state index in [9.17, 15) is 27.7 Å². The second-order valence-electron chi connectivity index (χ2n) is 3.53. The molecule has 1 aromatic rings. The summed E-state index contributed by atoms with van der Waals surface area (Å²) >= 11 is 5.41. The van der Waals surface area contributed by atoms with Crippen molar-refractivity contribution in [2.75, 3.05) is 25.2 Å². The Labute approximate surface area is 109 Å². The van der Waals surface area contributed by atoms with E-state index < -0.39 is 40.0 Å². The summed E-state index contributed by atoms with van der Waals surface area (Å²) < 4.78 is 49.9. The summed E-state index contributed by atoms with van der Waals surface area (Å²) in [6.45, 7) is -1.19. The molecule has 0 aliphatic carbocycles. The highest BCUT2D eigenvalue weighted by Gasteiger charge is 2.36. The van der Waals surface area contributed by atoms with Gasteiger partial charge in [0.2, 0.25) is 5.15 Å². The van der Waals surface area contributed by atoms with Crippen molar-refractivity contribution in [3.05, 3.63) is 27.0 Å². The van der Waals surface area contributed by atoms with E-state index in [0.717, 1.165) is 4.90 Å². The molecule has 1 aromatic heterocycles. The van der Waals surface area contributed by atoms with Crippen molar-refractivity contribution in [1.82, 2.24) is 4.98 Å². The Bertz CT molecular complexity index is 495. The third-order valence-corrected chi connectivity index (χ3v) is 2.50. The van der Waals surface area contributed by atoms with Gasteiger partial charge >= 0.3 is 11.9 Å². The molecule has 0 saturated heterocycles. The fourth-order valence-electron chi connectivity index (χ4n) is 1.35. The summed E-state index contributed by atoms with van der Waals surface area (Å²) in [5.74, 6) is 0. The Morgan fingerprint density at radius 2 is 2.11 bits per heavy atom. The number of nitro groups is 1. The van der Waals surface area contributed by atoms with E-state index in [0.29, 0.717) is 6.07 Å². The van der Waals surface area contributed by atoms with Gasteiger partial charge in [-0.05, 0) is 6.07 Å². The number of hydrogen-bond donors (Lipinski definition) is 0. The van der Waals surface area contributed by atoms with Crippen LogP contribution in [0.25, 0.3) is 0 Å². The first kappa shape index (κ1) is 15.4. The van der Waals surface area contributed by atoms with Gasteiger partial charge in [0.25, 0.3) is 0 Å².